The first-order valence-electron chi connectivity index (χ1n) is 7.00. The van der Waals surface area contributed by atoms with Crippen LogP contribution in [0.15, 0.2) is 4.52 Å². The van der Waals surface area contributed by atoms with Gasteiger partial charge in [0.2, 0.25) is 11.7 Å². The minimum absolute atomic E-state index is 0.365. The molecule has 5 heteroatoms. The molecular formula is C14H27N3O2. The maximum Gasteiger partial charge on any atom is 0.228 e. The molecule has 0 saturated heterocycles. The average Bonchev–Trinajstić information content (AvgIpc) is 2.85. The summed E-state index contributed by atoms with van der Waals surface area (Å²) in [4.78, 5) is 4.48. The lowest BCUT2D eigenvalue weighted by atomic mass is 10.0. The van der Waals surface area contributed by atoms with Gasteiger partial charge in [-0.05, 0) is 32.7 Å². The summed E-state index contributed by atoms with van der Waals surface area (Å²) in [5, 5.41) is 7.36. The minimum atomic E-state index is -0.463. The summed E-state index contributed by atoms with van der Waals surface area (Å²) < 4.78 is 10.8. The summed E-state index contributed by atoms with van der Waals surface area (Å²) in [6, 6.07) is 0.365. The first kappa shape index (κ1) is 16.1. The molecule has 0 fully saturated rings. The van der Waals surface area contributed by atoms with Crippen LogP contribution >= 0.6 is 0 Å². The van der Waals surface area contributed by atoms with Crippen LogP contribution in [0.3, 0.4) is 0 Å². The molecule has 1 N–H and O–H groups in total. The van der Waals surface area contributed by atoms with Crippen LogP contribution in [0, 0.1) is 5.92 Å². The van der Waals surface area contributed by atoms with E-state index in [-0.39, 0.29) is 0 Å². The van der Waals surface area contributed by atoms with Crippen molar-refractivity contribution in [1.82, 2.24) is 15.5 Å². The van der Waals surface area contributed by atoms with Gasteiger partial charge in [-0.15, -0.1) is 0 Å². The fraction of sp³-hybridized carbons (Fsp3) is 0.857. The van der Waals surface area contributed by atoms with E-state index in [0.717, 1.165) is 19.3 Å². The lowest BCUT2D eigenvalue weighted by molar-refractivity contribution is -0.0106. The number of methoxy groups -OCH3 is 1. The average molecular weight is 269 g/mol. The first-order valence-corrected chi connectivity index (χ1v) is 7.00. The predicted octanol–water partition coefficient (Wildman–Crippen LogP) is 2.52. The molecule has 5 nitrogen and oxygen atoms in total. The quantitative estimate of drug-likeness (QED) is 0.785. The second kappa shape index (κ2) is 7.01. The zero-order valence-corrected chi connectivity index (χ0v) is 13.0. The first-order chi connectivity index (χ1) is 8.95. The van der Waals surface area contributed by atoms with E-state index in [9.17, 15) is 0 Å². The highest BCUT2D eigenvalue weighted by Crippen LogP contribution is 2.25. The molecule has 0 amide bonds. The number of rotatable bonds is 8. The number of aromatic nitrogens is 2. The van der Waals surface area contributed by atoms with E-state index in [1.165, 1.54) is 0 Å². The van der Waals surface area contributed by atoms with Crippen molar-refractivity contribution >= 4 is 0 Å². The Kier molecular flexibility index (Phi) is 5.94. The third-order valence-corrected chi connectivity index (χ3v) is 3.65. The number of ether oxygens (including phenoxy) is 1. The SMILES string of the molecule is CCC(C)(OC)c1noc(CC(CC(C)C)NC)n1. The monoisotopic (exact) mass is 269 g/mol. The number of likely N-dealkylation sites (N-methyl/N-ethyl adjacent to an activating group) is 1. The van der Waals surface area contributed by atoms with Gasteiger partial charge in [0.05, 0.1) is 0 Å². The maximum atomic E-state index is 5.48. The van der Waals surface area contributed by atoms with Gasteiger partial charge in [0.25, 0.3) is 0 Å². The van der Waals surface area contributed by atoms with E-state index < -0.39 is 5.60 Å². The van der Waals surface area contributed by atoms with Crippen LogP contribution in [-0.4, -0.2) is 30.3 Å². The van der Waals surface area contributed by atoms with Gasteiger partial charge in [0.1, 0.15) is 5.60 Å². The molecule has 0 bridgehead atoms. The van der Waals surface area contributed by atoms with E-state index in [2.05, 4.69) is 36.2 Å². The highest BCUT2D eigenvalue weighted by atomic mass is 16.5. The zero-order valence-electron chi connectivity index (χ0n) is 13.0. The van der Waals surface area contributed by atoms with E-state index in [0.29, 0.717) is 23.7 Å². The highest BCUT2D eigenvalue weighted by Gasteiger charge is 2.30. The summed E-state index contributed by atoms with van der Waals surface area (Å²) in [6.07, 6.45) is 2.65. The van der Waals surface area contributed by atoms with Crippen molar-refractivity contribution in [1.29, 1.82) is 0 Å². The zero-order chi connectivity index (χ0) is 14.5. The molecule has 0 aliphatic carbocycles. The number of nitrogens with one attached hydrogen (secondary N) is 1. The van der Waals surface area contributed by atoms with E-state index in [1.807, 2.05) is 14.0 Å². The van der Waals surface area contributed by atoms with Gasteiger partial charge in [-0.2, -0.15) is 4.98 Å². The molecule has 1 aromatic heterocycles. The molecular weight excluding hydrogens is 242 g/mol. The molecule has 2 unspecified atom stereocenters. The van der Waals surface area contributed by atoms with Crippen molar-refractivity contribution in [2.45, 2.75) is 58.6 Å². The van der Waals surface area contributed by atoms with Crippen LogP contribution in [-0.2, 0) is 16.8 Å². The van der Waals surface area contributed by atoms with Crippen molar-refractivity contribution < 1.29 is 9.26 Å². The van der Waals surface area contributed by atoms with Crippen LogP contribution in [0.5, 0.6) is 0 Å². The molecule has 1 heterocycles. The van der Waals surface area contributed by atoms with Crippen LogP contribution < -0.4 is 5.32 Å². The number of hydrogen-bond donors (Lipinski definition) is 1. The van der Waals surface area contributed by atoms with Gasteiger partial charge in [-0.1, -0.05) is 25.9 Å². The Labute approximate surface area is 116 Å². The van der Waals surface area contributed by atoms with Crippen LogP contribution in [0.25, 0.3) is 0 Å². The molecule has 0 aromatic carbocycles. The van der Waals surface area contributed by atoms with E-state index in [4.69, 9.17) is 9.26 Å². The highest BCUT2D eigenvalue weighted by molar-refractivity contribution is 5.00. The van der Waals surface area contributed by atoms with Gasteiger partial charge < -0.3 is 14.6 Å². The molecule has 0 spiro atoms. The van der Waals surface area contributed by atoms with Gasteiger partial charge >= 0.3 is 0 Å². The molecule has 1 rings (SSSR count). The number of nitrogens with zero attached hydrogens (tertiary/aromatic N) is 2. The summed E-state index contributed by atoms with van der Waals surface area (Å²) in [6.45, 7) is 8.45. The molecule has 0 radical (unpaired) electrons. The van der Waals surface area contributed by atoms with Crippen molar-refractivity contribution in [2.24, 2.45) is 5.92 Å². The number of hydrogen-bond acceptors (Lipinski definition) is 5. The third kappa shape index (κ3) is 4.28. The molecule has 110 valence electrons. The Morgan fingerprint density at radius 2 is 2.11 bits per heavy atom. The molecule has 0 aliphatic heterocycles. The molecule has 2 atom stereocenters. The summed E-state index contributed by atoms with van der Waals surface area (Å²) in [5.41, 5.74) is -0.463. The Hall–Kier alpha value is -0.940. The summed E-state index contributed by atoms with van der Waals surface area (Å²) in [5.74, 6) is 1.94. The second-order valence-electron chi connectivity index (χ2n) is 5.62. The Balaban J connectivity index is 2.74. The third-order valence-electron chi connectivity index (χ3n) is 3.65. The maximum absolute atomic E-state index is 5.48. The van der Waals surface area contributed by atoms with Gasteiger partial charge in [0, 0.05) is 19.6 Å². The molecule has 19 heavy (non-hydrogen) atoms. The smallest absolute Gasteiger partial charge is 0.228 e. The molecule has 1 aromatic rings. The van der Waals surface area contributed by atoms with Gasteiger partial charge in [0.15, 0.2) is 0 Å². The standard InChI is InChI=1S/C14H27N3O2/c1-7-14(4,18-6)13-16-12(19-17-13)9-11(15-5)8-10(2)3/h10-11,15H,7-9H2,1-6H3. The second-order valence-corrected chi connectivity index (χ2v) is 5.62. The molecule has 0 aliphatic rings. The van der Waals surface area contributed by atoms with Gasteiger partial charge in [-0.25, -0.2) is 0 Å². The lowest BCUT2D eigenvalue weighted by Crippen LogP contribution is -2.29. The Bertz CT molecular complexity index is 373. The molecule has 0 saturated carbocycles. The summed E-state index contributed by atoms with van der Waals surface area (Å²) >= 11 is 0. The van der Waals surface area contributed by atoms with Crippen molar-refractivity contribution in [2.75, 3.05) is 14.2 Å². The van der Waals surface area contributed by atoms with Gasteiger partial charge in [-0.3, -0.25) is 0 Å². The van der Waals surface area contributed by atoms with Crippen molar-refractivity contribution in [3.05, 3.63) is 11.7 Å². The fourth-order valence-corrected chi connectivity index (χ4v) is 2.03. The predicted molar refractivity (Wildman–Crippen MR) is 75.0 cm³/mol. The lowest BCUT2D eigenvalue weighted by Gasteiger charge is -2.21. The van der Waals surface area contributed by atoms with E-state index >= 15 is 0 Å². The normalized spacial score (nSPS) is 16.6. The van der Waals surface area contributed by atoms with Crippen LogP contribution in [0.2, 0.25) is 0 Å². The summed E-state index contributed by atoms with van der Waals surface area (Å²) in [7, 11) is 3.64. The van der Waals surface area contributed by atoms with E-state index in [1.54, 1.807) is 7.11 Å². The Morgan fingerprint density at radius 1 is 1.42 bits per heavy atom. The van der Waals surface area contributed by atoms with Crippen LogP contribution in [0.1, 0.15) is 52.3 Å². The Morgan fingerprint density at radius 3 is 2.58 bits per heavy atom. The van der Waals surface area contributed by atoms with Crippen molar-refractivity contribution in [3.8, 4) is 0 Å². The van der Waals surface area contributed by atoms with Crippen molar-refractivity contribution in [3.63, 3.8) is 0 Å². The topological polar surface area (TPSA) is 60.2 Å². The fourth-order valence-electron chi connectivity index (χ4n) is 2.03. The minimum Gasteiger partial charge on any atom is -0.370 e. The van der Waals surface area contributed by atoms with Crippen LogP contribution in [0.4, 0.5) is 0 Å². The largest absolute Gasteiger partial charge is 0.370 e.